The predicted molar refractivity (Wildman–Crippen MR) is 76.6 cm³/mol. The summed E-state index contributed by atoms with van der Waals surface area (Å²) in [6.07, 6.45) is 1.47. The van der Waals surface area contributed by atoms with E-state index >= 15 is 0 Å². The minimum atomic E-state index is -0.519. The lowest BCUT2D eigenvalue weighted by atomic mass is 9.98. The van der Waals surface area contributed by atoms with Crippen molar-refractivity contribution in [3.8, 4) is 0 Å². The Kier molecular flexibility index (Phi) is 6.53. The molecule has 1 aromatic rings. The maximum Gasteiger partial charge on any atom is 0.237 e. The van der Waals surface area contributed by atoms with Gasteiger partial charge in [-0.2, -0.15) is 0 Å². The molecule has 1 amide bonds. The summed E-state index contributed by atoms with van der Waals surface area (Å²) in [6.45, 7) is 3.87. The molecular weight excluding hydrogens is 240 g/mol. The fourth-order valence-electron chi connectivity index (χ4n) is 1.87. The van der Waals surface area contributed by atoms with E-state index in [-0.39, 0.29) is 24.5 Å². The van der Waals surface area contributed by atoms with Gasteiger partial charge in [0.1, 0.15) is 0 Å². The van der Waals surface area contributed by atoms with Crippen LogP contribution in [0.15, 0.2) is 30.3 Å². The predicted octanol–water partition coefficient (Wildman–Crippen LogP) is 1.08. The highest BCUT2D eigenvalue weighted by Gasteiger charge is 2.21. The van der Waals surface area contributed by atoms with Crippen molar-refractivity contribution in [1.82, 2.24) is 5.32 Å². The highest BCUT2D eigenvalue weighted by molar-refractivity contribution is 5.82. The van der Waals surface area contributed by atoms with Gasteiger partial charge in [0.25, 0.3) is 0 Å². The van der Waals surface area contributed by atoms with Crippen LogP contribution in [-0.2, 0) is 11.2 Å². The molecule has 19 heavy (non-hydrogen) atoms. The number of hydrogen-bond acceptors (Lipinski definition) is 3. The van der Waals surface area contributed by atoms with Crippen molar-refractivity contribution in [2.24, 2.45) is 11.7 Å². The summed E-state index contributed by atoms with van der Waals surface area (Å²) in [4.78, 5) is 12.0. The van der Waals surface area contributed by atoms with Crippen LogP contribution in [0, 0.1) is 5.92 Å². The van der Waals surface area contributed by atoms with Crippen LogP contribution in [0.25, 0.3) is 0 Å². The standard InChI is InChI=1S/C15H24N2O2/c1-3-11(2)14(16)15(19)17-13(10-18)9-12-7-5-4-6-8-12/h4-8,11,13-14,18H,3,9-10,16H2,1-2H3,(H,17,19)/t11?,13-,14-/m0/s1. The first-order valence-electron chi connectivity index (χ1n) is 6.79. The highest BCUT2D eigenvalue weighted by Crippen LogP contribution is 2.07. The van der Waals surface area contributed by atoms with Crippen molar-refractivity contribution in [3.63, 3.8) is 0 Å². The molecule has 1 rings (SSSR count). The molecule has 0 aliphatic heterocycles. The molecule has 4 N–H and O–H groups in total. The fraction of sp³-hybridized carbons (Fsp3) is 0.533. The number of nitrogens with two attached hydrogens (primary N) is 1. The Morgan fingerprint density at radius 2 is 2.00 bits per heavy atom. The molecule has 106 valence electrons. The first-order chi connectivity index (χ1) is 9.08. The summed E-state index contributed by atoms with van der Waals surface area (Å²) < 4.78 is 0. The fourth-order valence-corrected chi connectivity index (χ4v) is 1.87. The average Bonchev–Trinajstić information content (AvgIpc) is 2.45. The van der Waals surface area contributed by atoms with Crippen LogP contribution < -0.4 is 11.1 Å². The quantitative estimate of drug-likeness (QED) is 0.690. The monoisotopic (exact) mass is 264 g/mol. The number of carbonyl (C=O) groups excluding carboxylic acids is 1. The Hall–Kier alpha value is -1.39. The van der Waals surface area contributed by atoms with E-state index in [0.717, 1.165) is 12.0 Å². The van der Waals surface area contributed by atoms with Crippen LogP contribution in [-0.4, -0.2) is 29.7 Å². The van der Waals surface area contributed by atoms with Crippen LogP contribution in [0.4, 0.5) is 0 Å². The van der Waals surface area contributed by atoms with Crippen molar-refractivity contribution in [1.29, 1.82) is 0 Å². The van der Waals surface area contributed by atoms with Crippen molar-refractivity contribution in [2.75, 3.05) is 6.61 Å². The second-order valence-corrected chi connectivity index (χ2v) is 4.99. The first-order valence-corrected chi connectivity index (χ1v) is 6.79. The number of carbonyl (C=O) groups is 1. The van der Waals surface area contributed by atoms with E-state index in [1.165, 1.54) is 0 Å². The lowest BCUT2D eigenvalue weighted by molar-refractivity contribution is -0.124. The van der Waals surface area contributed by atoms with Gasteiger partial charge in [0.15, 0.2) is 0 Å². The Bertz CT molecular complexity index is 381. The lowest BCUT2D eigenvalue weighted by Gasteiger charge is -2.22. The molecular formula is C15H24N2O2. The van der Waals surface area contributed by atoms with Gasteiger partial charge < -0.3 is 16.2 Å². The van der Waals surface area contributed by atoms with Crippen LogP contribution >= 0.6 is 0 Å². The van der Waals surface area contributed by atoms with E-state index in [1.54, 1.807) is 0 Å². The molecule has 0 radical (unpaired) electrons. The number of amides is 1. The zero-order valence-corrected chi connectivity index (χ0v) is 11.7. The zero-order chi connectivity index (χ0) is 14.3. The van der Waals surface area contributed by atoms with Crippen molar-refractivity contribution in [2.45, 2.75) is 38.8 Å². The van der Waals surface area contributed by atoms with E-state index < -0.39 is 6.04 Å². The van der Waals surface area contributed by atoms with E-state index in [2.05, 4.69) is 5.32 Å². The van der Waals surface area contributed by atoms with E-state index in [9.17, 15) is 9.90 Å². The molecule has 0 fully saturated rings. The molecule has 1 aromatic carbocycles. The molecule has 4 heteroatoms. The van der Waals surface area contributed by atoms with Crippen LogP contribution in [0.5, 0.6) is 0 Å². The van der Waals surface area contributed by atoms with Gasteiger partial charge in [0.05, 0.1) is 18.7 Å². The molecule has 0 heterocycles. The van der Waals surface area contributed by atoms with Crippen molar-refractivity contribution < 1.29 is 9.90 Å². The van der Waals surface area contributed by atoms with Crippen LogP contribution in [0.1, 0.15) is 25.8 Å². The minimum Gasteiger partial charge on any atom is -0.394 e. The Morgan fingerprint density at radius 1 is 1.37 bits per heavy atom. The molecule has 3 atom stereocenters. The summed E-state index contributed by atoms with van der Waals surface area (Å²) in [5, 5.41) is 12.2. The summed E-state index contributed by atoms with van der Waals surface area (Å²) in [7, 11) is 0. The van der Waals surface area contributed by atoms with Gasteiger partial charge in [-0.15, -0.1) is 0 Å². The topological polar surface area (TPSA) is 75.4 Å². The third-order valence-corrected chi connectivity index (χ3v) is 3.45. The molecule has 1 unspecified atom stereocenters. The van der Waals surface area contributed by atoms with Crippen LogP contribution in [0.2, 0.25) is 0 Å². The van der Waals surface area contributed by atoms with Gasteiger partial charge in [-0.25, -0.2) is 0 Å². The molecule has 0 saturated carbocycles. The van der Waals surface area contributed by atoms with Crippen LogP contribution in [0.3, 0.4) is 0 Å². The Labute approximate surface area is 115 Å². The summed E-state index contributed by atoms with van der Waals surface area (Å²) >= 11 is 0. The van der Waals surface area contributed by atoms with Gasteiger partial charge in [-0.3, -0.25) is 4.79 Å². The van der Waals surface area contributed by atoms with Gasteiger partial charge in [-0.05, 0) is 17.9 Å². The zero-order valence-electron chi connectivity index (χ0n) is 11.7. The lowest BCUT2D eigenvalue weighted by Crippen LogP contribution is -2.50. The molecule has 4 nitrogen and oxygen atoms in total. The number of nitrogens with one attached hydrogen (secondary N) is 1. The number of hydrogen-bond donors (Lipinski definition) is 3. The average molecular weight is 264 g/mol. The van der Waals surface area contributed by atoms with Crippen molar-refractivity contribution in [3.05, 3.63) is 35.9 Å². The second kappa shape index (κ2) is 7.92. The number of aliphatic hydroxyl groups is 1. The molecule has 0 aliphatic rings. The van der Waals surface area contributed by atoms with E-state index in [0.29, 0.717) is 6.42 Å². The van der Waals surface area contributed by atoms with Gasteiger partial charge >= 0.3 is 0 Å². The third-order valence-electron chi connectivity index (χ3n) is 3.45. The largest absolute Gasteiger partial charge is 0.394 e. The highest BCUT2D eigenvalue weighted by atomic mass is 16.3. The Morgan fingerprint density at radius 3 is 2.53 bits per heavy atom. The molecule has 0 spiro atoms. The molecule has 0 aliphatic carbocycles. The maximum absolute atomic E-state index is 12.0. The molecule has 0 bridgehead atoms. The van der Waals surface area contributed by atoms with Gasteiger partial charge in [0, 0.05) is 0 Å². The normalized spacial score (nSPS) is 15.6. The van der Waals surface area contributed by atoms with E-state index in [4.69, 9.17) is 5.73 Å². The summed E-state index contributed by atoms with van der Waals surface area (Å²) in [5.41, 5.74) is 6.96. The third kappa shape index (κ3) is 5.01. The Balaban J connectivity index is 2.55. The molecule has 0 aromatic heterocycles. The number of rotatable bonds is 7. The summed E-state index contributed by atoms with van der Waals surface area (Å²) in [6, 6.07) is 8.97. The van der Waals surface area contributed by atoms with Gasteiger partial charge in [0.2, 0.25) is 5.91 Å². The smallest absolute Gasteiger partial charge is 0.237 e. The second-order valence-electron chi connectivity index (χ2n) is 4.99. The maximum atomic E-state index is 12.0. The van der Waals surface area contributed by atoms with Crippen molar-refractivity contribution >= 4 is 5.91 Å². The summed E-state index contributed by atoms with van der Waals surface area (Å²) in [5.74, 6) is -0.0552. The SMILES string of the molecule is CCC(C)[C@H](N)C(=O)N[C@H](CO)Cc1ccccc1. The molecule has 0 saturated heterocycles. The minimum absolute atomic E-state index is 0.0894. The number of benzene rings is 1. The first kappa shape index (κ1) is 15.7. The van der Waals surface area contributed by atoms with E-state index in [1.807, 2.05) is 44.2 Å². The number of aliphatic hydroxyl groups excluding tert-OH is 1. The van der Waals surface area contributed by atoms with Gasteiger partial charge in [-0.1, -0.05) is 50.6 Å².